The number of rotatable bonds is 4. The van der Waals surface area contributed by atoms with E-state index in [1.54, 1.807) is 0 Å². The molecule has 1 aliphatic heterocycles. The maximum Gasteiger partial charge on any atom is 0.239 e. The minimum absolute atomic E-state index is 0.00667. The van der Waals surface area contributed by atoms with E-state index >= 15 is 0 Å². The lowest BCUT2D eigenvalue weighted by Gasteiger charge is -2.64. The number of aliphatic hydroxyl groups excluding tert-OH is 2. The van der Waals surface area contributed by atoms with Crippen LogP contribution in [-0.2, 0) is 4.79 Å². The van der Waals surface area contributed by atoms with E-state index in [0.29, 0.717) is 46.6 Å². The van der Waals surface area contributed by atoms with Crippen molar-refractivity contribution in [3.63, 3.8) is 0 Å². The average Bonchev–Trinajstić information content (AvgIpc) is 3.27. The van der Waals surface area contributed by atoms with Crippen LogP contribution in [0.3, 0.4) is 0 Å². The molecule has 0 radical (unpaired) electrons. The zero-order valence-electron chi connectivity index (χ0n) is 20.8. The Bertz CT molecular complexity index is 806. The SMILES string of the molecule is CC[C@H]1[C@@H](O)C2C3CCC([C@H](C)CC4SC(=N)NC4=O)[C@@]3(C)CCC2[C@@]2(C)CC[C@@H](O)C[C@@H]12. The first-order valence-electron chi connectivity index (χ1n) is 13.5. The predicted octanol–water partition coefficient (Wildman–Crippen LogP) is 4.81. The summed E-state index contributed by atoms with van der Waals surface area (Å²) < 4.78 is 0. The Kier molecular flexibility index (Phi) is 6.22. The molecule has 186 valence electrons. The number of hydrogen-bond donors (Lipinski definition) is 4. The summed E-state index contributed by atoms with van der Waals surface area (Å²) in [6.07, 6.45) is 9.10. The van der Waals surface area contributed by atoms with Gasteiger partial charge in [0, 0.05) is 0 Å². The highest BCUT2D eigenvalue weighted by Crippen LogP contribution is 2.69. The van der Waals surface area contributed by atoms with Crippen LogP contribution >= 0.6 is 11.8 Å². The molecular formula is C27H44N2O3S. The maximum absolute atomic E-state index is 12.3. The fourth-order valence-corrected chi connectivity index (χ4v) is 11.0. The average molecular weight is 477 g/mol. The Balaban J connectivity index is 1.39. The first-order chi connectivity index (χ1) is 15.6. The Morgan fingerprint density at radius 2 is 1.79 bits per heavy atom. The summed E-state index contributed by atoms with van der Waals surface area (Å²) >= 11 is 1.39. The van der Waals surface area contributed by atoms with Crippen molar-refractivity contribution in [2.24, 2.45) is 52.3 Å². The number of hydrogen-bond acceptors (Lipinski definition) is 5. The molecule has 5 nitrogen and oxygen atoms in total. The van der Waals surface area contributed by atoms with Gasteiger partial charge in [-0.1, -0.05) is 45.9 Å². The zero-order chi connectivity index (χ0) is 23.7. The largest absolute Gasteiger partial charge is 0.393 e. The monoisotopic (exact) mass is 476 g/mol. The van der Waals surface area contributed by atoms with Gasteiger partial charge in [0.1, 0.15) is 0 Å². The molecule has 6 heteroatoms. The molecule has 5 aliphatic rings. The van der Waals surface area contributed by atoms with Crippen LogP contribution in [0.2, 0.25) is 0 Å². The molecule has 33 heavy (non-hydrogen) atoms. The lowest BCUT2D eigenvalue weighted by molar-refractivity contribution is -0.203. The summed E-state index contributed by atoms with van der Waals surface area (Å²) in [6, 6.07) is 0. The second-order valence-electron chi connectivity index (χ2n) is 12.8. The number of nitrogens with one attached hydrogen (secondary N) is 2. The van der Waals surface area contributed by atoms with Gasteiger partial charge in [0.05, 0.1) is 17.5 Å². The molecule has 0 bridgehead atoms. The van der Waals surface area contributed by atoms with E-state index in [1.807, 2.05) is 0 Å². The third kappa shape index (κ3) is 3.64. The number of amides is 1. The predicted molar refractivity (Wildman–Crippen MR) is 133 cm³/mol. The second kappa shape index (κ2) is 8.51. The van der Waals surface area contributed by atoms with Crippen LogP contribution in [-0.4, -0.2) is 38.7 Å². The van der Waals surface area contributed by atoms with Crippen LogP contribution in [0.1, 0.15) is 85.5 Å². The second-order valence-corrected chi connectivity index (χ2v) is 14.0. The summed E-state index contributed by atoms with van der Waals surface area (Å²) in [7, 11) is 0. The maximum atomic E-state index is 12.3. The Labute approximate surface area is 203 Å². The third-order valence-electron chi connectivity index (χ3n) is 11.5. The minimum atomic E-state index is -0.251. The van der Waals surface area contributed by atoms with E-state index in [0.717, 1.165) is 32.1 Å². The molecule has 1 heterocycles. The molecule has 0 aromatic rings. The lowest BCUT2D eigenvalue weighted by Crippen LogP contribution is -2.62. The van der Waals surface area contributed by atoms with Gasteiger partial charge in [0.15, 0.2) is 5.17 Å². The van der Waals surface area contributed by atoms with E-state index in [2.05, 4.69) is 33.0 Å². The Hall–Kier alpha value is -0.590. The molecule has 5 rings (SSSR count). The lowest BCUT2D eigenvalue weighted by atomic mass is 9.41. The summed E-state index contributed by atoms with van der Waals surface area (Å²) in [6.45, 7) is 9.56. The van der Waals surface area contributed by atoms with Gasteiger partial charge in [-0.15, -0.1) is 0 Å². The summed E-state index contributed by atoms with van der Waals surface area (Å²) in [5, 5.41) is 32.9. The van der Waals surface area contributed by atoms with Gasteiger partial charge in [-0.2, -0.15) is 0 Å². The van der Waals surface area contributed by atoms with Gasteiger partial charge >= 0.3 is 0 Å². The van der Waals surface area contributed by atoms with Crippen LogP contribution in [0, 0.1) is 57.7 Å². The van der Waals surface area contributed by atoms with Gasteiger partial charge < -0.3 is 15.5 Å². The number of aliphatic hydroxyl groups is 2. The molecule has 0 aromatic heterocycles. The fourth-order valence-electron chi connectivity index (χ4n) is 10.0. The van der Waals surface area contributed by atoms with Crippen LogP contribution in [0.15, 0.2) is 0 Å². The number of thioether (sulfide) groups is 1. The van der Waals surface area contributed by atoms with E-state index < -0.39 is 0 Å². The third-order valence-corrected chi connectivity index (χ3v) is 12.6. The fraction of sp³-hybridized carbons (Fsp3) is 0.926. The topological polar surface area (TPSA) is 93.4 Å². The van der Waals surface area contributed by atoms with E-state index in [-0.39, 0.29) is 34.2 Å². The van der Waals surface area contributed by atoms with E-state index in [1.165, 1.54) is 37.4 Å². The molecule has 4 saturated carbocycles. The standard InChI is InChI=1S/C27H44N2O3S/c1-5-16-20-13-15(30)8-10-27(20,4)19-9-11-26(3)17(6-7-18(26)22(19)23(16)31)14(2)12-21-24(32)29-25(28)33-21/h14-23,30-31H,5-13H2,1-4H3,(H2,28,29,32)/t14-,15-,16-,17?,18?,19?,20+,21?,22?,23-,26-,27-/m1/s1. The van der Waals surface area contributed by atoms with Gasteiger partial charge in [-0.05, 0) is 104 Å². The van der Waals surface area contributed by atoms with Crippen LogP contribution in [0.4, 0.5) is 0 Å². The number of carbonyl (C=O) groups is 1. The minimum Gasteiger partial charge on any atom is -0.393 e. The quantitative estimate of drug-likeness (QED) is 0.469. The highest BCUT2D eigenvalue weighted by molar-refractivity contribution is 8.15. The van der Waals surface area contributed by atoms with Crippen molar-refractivity contribution in [2.45, 2.75) is 103 Å². The van der Waals surface area contributed by atoms with Crippen molar-refractivity contribution >= 4 is 22.8 Å². The van der Waals surface area contributed by atoms with Crippen molar-refractivity contribution in [2.75, 3.05) is 0 Å². The van der Waals surface area contributed by atoms with E-state index in [4.69, 9.17) is 5.41 Å². The highest BCUT2D eigenvalue weighted by atomic mass is 32.2. The molecule has 5 unspecified atom stereocenters. The van der Waals surface area contributed by atoms with Crippen LogP contribution in [0.5, 0.6) is 0 Å². The molecule has 0 aromatic carbocycles. The summed E-state index contributed by atoms with van der Waals surface area (Å²) in [4.78, 5) is 12.3. The molecule has 5 fully saturated rings. The highest BCUT2D eigenvalue weighted by Gasteiger charge is 2.65. The molecule has 12 atom stereocenters. The summed E-state index contributed by atoms with van der Waals surface area (Å²) in [5.41, 5.74) is 0.470. The Morgan fingerprint density at radius 3 is 2.45 bits per heavy atom. The van der Waals surface area contributed by atoms with Crippen molar-refractivity contribution in [1.82, 2.24) is 5.32 Å². The molecule has 4 N–H and O–H groups in total. The normalized spacial score (nSPS) is 52.6. The van der Waals surface area contributed by atoms with Gasteiger partial charge in [0.2, 0.25) is 5.91 Å². The van der Waals surface area contributed by atoms with Gasteiger partial charge in [-0.3, -0.25) is 10.2 Å². The smallest absolute Gasteiger partial charge is 0.239 e. The molecule has 1 saturated heterocycles. The molecule has 4 aliphatic carbocycles. The molecule has 1 amide bonds. The van der Waals surface area contributed by atoms with Gasteiger partial charge in [0.25, 0.3) is 0 Å². The van der Waals surface area contributed by atoms with Crippen LogP contribution < -0.4 is 5.32 Å². The summed E-state index contributed by atoms with van der Waals surface area (Å²) in [5.74, 6) is 3.27. The number of fused-ring (bicyclic) bond motifs is 5. The van der Waals surface area contributed by atoms with Crippen molar-refractivity contribution in [1.29, 1.82) is 5.41 Å². The van der Waals surface area contributed by atoms with Crippen molar-refractivity contribution in [3.05, 3.63) is 0 Å². The first-order valence-corrected chi connectivity index (χ1v) is 14.4. The van der Waals surface area contributed by atoms with Gasteiger partial charge in [-0.25, -0.2) is 0 Å². The van der Waals surface area contributed by atoms with E-state index in [9.17, 15) is 15.0 Å². The molecule has 0 spiro atoms. The van der Waals surface area contributed by atoms with Crippen molar-refractivity contribution in [3.8, 4) is 0 Å². The number of amidine groups is 1. The Morgan fingerprint density at radius 1 is 1.09 bits per heavy atom. The zero-order valence-corrected chi connectivity index (χ0v) is 21.7. The van der Waals surface area contributed by atoms with Crippen LogP contribution in [0.25, 0.3) is 0 Å². The first kappa shape index (κ1) is 24.1. The number of carbonyl (C=O) groups excluding carboxylic acids is 1. The van der Waals surface area contributed by atoms with Crippen molar-refractivity contribution < 1.29 is 15.0 Å². The molecular weight excluding hydrogens is 432 g/mol.